The Kier molecular flexibility index (Phi) is 5.00. The Hall–Kier alpha value is -0.990. The van der Waals surface area contributed by atoms with Crippen molar-refractivity contribution in [2.24, 2.45) is 5.73 Å². The lowest BCUT2D eigenvalue weighted by Crippen LogP contribution is -2.25. The van der Waals surface area contributed by atoms with Crippen LogP contribution in [0.1, 0.15) is 10.4 Å². The summed E-state index contributed by atoms with van der Waals surface area (Å²) in [6, 6.07) is 10.2. The lowest BCUT2D eigenvalue weighted by molar-refractivity contribution is 0.468. The summed E-state index contributed by atoms with van der Waals surface area (Å²) in [6.45, 7) is 0.264. The van der Waals surface area contributed by atoms with E-state index < -0.39 is 10.0 Å². The molecule has 0 radical (unpaired) electrons. The quantitative estimate of drug-likeness (QED) is 0.833. The first-order chi connectivity index (χ1) is 9.80. The van der Waals surface area contributed by atoms with Crippen molar-refractivity contribution in [3.8, 4) is 0 Å². The fourth-order valence-electron chi connectivity index (χ4n) is 1.68. The van der Waals surface area contributed by atoms with Gasteiger partial charge in [0, 0.05) is 18.6 Å². The third-order valence-electron chi connectivity index (χ3n) is 2.81. The number of thiocarbonyl (C=S) groups is 1. The zero-order valence-corrected chi connectivity index (χ0v) is 14.3. The Morgan fingerprint density at radius 2 is 1.90 bits per heavy atom. The molecular weight excluding hydrogens is 348 g/mol. The Balaban J connectivity index is 2.21. The number of nitrogens with zero attached hydrogens (tertiary/aromatic N) is 1. The number of halogens is 1. The third kappa shape index (κ3) is 3.81. The van der Waals surface area contributed by atoms with Gasteiger partial charge in [0.05, 0.1) is 4.88 Å². The average Bonchev–Trinajstić information content (AvgIpc) is 2.91. The minimum absolute atomic E-state index is 0.196. The summed E-state index contributed by atoms with van der Waals surface area (Å²) in [5, 5.41) is 0.614. The van der Waals surface area contributed by atoms with E-state index in [1.807, 2.05) is 0 Å². The molecule has 112 valence electrons. The van der Waals surface area contributed by atoms with E-state index in [4.69, 9.17) is 29.6 Å². The average molecular weight is 361 g/mol. The summed E-state index contributed by atoms with van der Waals surface area (Å²) in [7, 11) is -2.02. The molecule has 0 aliphatic rings. The summed E-state index contributed by atoms with van der Waals surface area (Å²) in [5.41, 5.74) is 6.36. The van der Waals surface area contributed by atoms with Gasteiger partial charge in [-0.25, -0.2) is 8.42 Å². The van der Waals surface area contributed by atoms with Gasteiger partial charge >= 0.3 is 0 Å². The summed E-state index contributed by atoms with van der Waals surface area (Å²) in [4.78, 5) is 0.783. The van der Waals surface area contributed by atoms with Gasteiger partial charge in [0.25, 0.3) is 10.0 Å². The van der Waals surface area contributed by atoms with Crippen molar-refractivity contribution in [3.05, 3.63) is 51.9 Å². The van der Waals surface area contributed by atoms with Crippen LogP contribution >= 0.6 is 35.2 Å². The number of benzene rings is 1. The van der Waals surface area contributed by atoms with Crippen LogP contribution in [0.15, 0.2) is 40.6 Å². The minimum Gasteiger partial charge on any atom is -0.389 e. The second kappa shape index (κ2) is 6.41. The van der Waals surface area contributed by atoms with E-state index in [0.717, 1.165) is 16.9 Å². The zero-order chi connectivity index (χ0) is 15.6. The molecule has 0 bridgehead atoms. The fourth-order valence-corrected chi connectivity index (χ4v) is 4.52. The van der Waals surface area contributed by atoms with Crippen molar-refractivity contribution in [1.82, 2.24) is 4.31 Å². The smallest absolute Gasteiger partial charge is 0.252 e. The summed E-state index contributed by atoms with van der Waals surface area (Å²) in [5.74, 6) is 0. The van der Waals surface area contributed by atoms with E-state index in [1.165, 1.54) is 17.4 Å². The van der Waals surface area contributed by atoms with Crippen molar-refractivity contribution in [2.75, 3.05) is 7.05 Å². The molecule has 0 saturated carbocycles. The zero-order valence-electron chi connectivity index (χ0n) is 11.1. The molecule has 0 unspecified atom stereocenters. The maximum atomic E-state index is 12.5. The first-order valence-corrected chi connectivity index (χ1v) is 8.95. The molecule has 1 heterocycles. The molecule has 2 N–H and O–H groups in total. The first kappa shape index (κ1) is 16.4. The van der Waals surface area contributed by atoms with Crippen LogP contribution in [0.2, 0.25) is 5.02 Å². The normalized spacial score (nSPS) is 11.8. The monoisotopic (exact) mass is 360 g/mol. The Morgan fingerprint density at radius 3 is 2.43 bits per heavy atom. The molecule has 0 saturated heterocycles. The van der Waals surface area contributed by atoms with Crippen molar-refractivity contribution in [1.29, 1.82) is 0 Å². The minimum atomic E-state index is -3.56. The molecule has 0 atom stereocenters. The molecule has 2 rings (SSSR count). The highest BCUT2D eigenvalue weighted by Gasteiger charge is 2.23. The van der Waals surface area contributed by atoms with Crippen LogP contribution in [0, 0.1) is 0 Å². The van der Waals surface area contributed by atoms with Gasteiger partial charge in [-0.05, 0) is 29.8 Å². The number of thiophene rings is 1. The van der Waals surface area contributed by atoms with Crippen LogP contribution in [0.25, 0.3) is 0 Å². The number of nitrogens with two attached hydrogens (primary N) is 1. The van der Waals surface area contributed by atoms with Crippen molar-refractivity contribution in [3.63, 3.8) is 0 Å². The second-order valence-electron chi connectivity index (χ2n) is 4.37. The molecule has 21 heavy (non-hydrogen) atoms. The van der Waals surface area contributed by atoms with Gasteiger partial charge in [0.1, 0.15) is 9.20 Å². The van der Waals surface area contributed by atoms with Crippen LogP contribution in [0.5, 0.6) is 0 Å². The highest BCUT2D eigenvalue weighted by molar-refractivity contribution is 7.91. The van der Waals surface area contributed by atoms with Crippen molar-refractivity contribution >= 4 is 50.2 Å². The van der Waals surface area contributed by atoms with E-state index in [9.17, 15) is 8.42 Å². The van der Waals surface area contributed by atoms with Gasteiger partial charge in [-0.2, -0.15) is 4.31 Å². The summed E-state index contributed by atoms with van der Waals surface area (Å²) >= 11 is 11.7. The van der Waals surface area contributed by atoms with E-state index in [-0.39, 0.29) is 15.7 Å². The second-order valence-corrected chi connectivity index (χ2v) is 8.60. The fraction of sp³-hybridized carbons (Fsp3) is 0.154. The lowest BCUT2D eigenvalue weighted by Gasteiger charge is -2.16. The van der Waals surface area contributed by atoms with Crippen LogP contribution in [0.4, 0.5) is 0 Å². The standard InChI is InChI=1S/C13H13ClN2O2S3/c1-16(8-9-2-4-10(14)5-3-9)21(17,18)12-7-6-11(20-12)13(15)19/h2-7H,8H2,1H3,(H2,15,19). The summed E-state index contributed by atoms with van der Waals surface area (Å²) in [6.07, 6.45) is 0. The largest absolute Gasteiger partial charge is 0.389 e. The van der Waals surface area contributed by atoms with Crippen LogP contribution in [-0.2, 0) is 16.6 Å². The Morgan fingerprint density at radius 1 is 1.29 bits per heavy atom. The molecular formula is C13H13ClN2O2S3. The molecule has 0 spiro atoms. The highest BCUT2D eigenvalue weighted by atomic mass is 35.5. The number of hydrogen-bond donors (Lipinski definition) is 1. The summed E-state index contributed by atoms with van der Waals surface area (Å²) < 4.78 is 26.4. The topological polar surface area (TPSA) is 63.4 Å². The first-order valence-electron chi connectivity index (χ1n) is 5.91. The van der Waals surface area contributed by atoms with Crippen LogP contribution in [0.3, 0.4) is 0 Å². The lowest BCUT2D eigenvalue weighted by atomic mass is 10.2. The van der Waals surface area contributed by atoms with E-state index in [0.29, 0.717) is 9.90 Å². The molecule has 1 aromatic heterocycles. The van der Waals surface area contributed by atoms with Crippen LogP contribution < -0.4 is 5.73 Å². The van der Waals surface area contributed by atoms with Gasteiger partial charge in [0.15, 0.2) is 0 Å². The number of rotatable bonds is 5. The van der Waals surface area contributed by atoms with Gasteiger partial charge < -0.3 is 5.73 Å². The molecule has 0 fully saturated rings. The van der Waals surface area contributed by atoms with Gasteiger partial charge in [-0.3, -0.25) is 0 Å². The Bertz CT molecular complexity index is 754. The molecule has 4 nitrogen and oxygen atoms in total. The van der Waals surface area contributed by atoms with E-state index in [1.54, 1.807) is 30.3 Å². The van der Waals surface area contributed by atoms with Gasteiger partial charge in [-0.1, -0.05) is 36.0 Å². The molecule has 2 aromatic rings. The van der Waals surface area contributed by atoms with Gasteiger partial charge in [-0.15, -0.1) is 11.3 Å². The van der Waals surface area contributed by atoms with Crippen LogP contribution in [-0.4, -0.2) is 24.8 Å². The van der Waals surface area contributed by atoms with E-state index >= 15 is 0 Å². The maximum Gasteiger partial charge on any atom is 0.252 e. The molecule has 0 aliphatic heterocycles. The molecule has 1 aromatic carbocycles. The van der Waals surface area contributed by atoms with Gasteiger partial charge in [0.2, 0.25) is 0 Å². The van der Waals surface area contributed by atoms with E-state index in [2.05, 4.69) is 0 Å². The molecule has 8 heteroatoms. The highest BCUT2D eigenvalue weighted by Crippen LogP contribution is 2.25. The number of sulfonamides is 1. The molecule has 0 amide bonds. The third-order valence-corrected chi connectivity index (χ3v) is 6.80. The Labute approximate surface area is 138 Å². The predicted octanol–water partition coefficient (Wildman–Crippen LogP) is 2.86. The van der Waals surface area contributed by atoms with Crippen molar-refractivity contribution < 1.29 is 8.42 Å². The predicted molar refractivity (Wildman–Crippen MR) is 90.3 cm³/mol. The maximum absolute atomic E-state index is 12.5. The number of hydrogen-bond acceptors (Lipinski definition) is 4. The SMILES string of the molecule is CN(Cc1ccc(Cl)cc1)S(=O)(=O)c1ccc(C(N)=S)s1. The van der Waals surface area contributed by atoms with Crippen molar-refractivity contribution in [2.45, 2.75) is 10.8 Å². The molecule has 0 aliphatic carbocycles.